The van der Waals surface area contributed by atoms with Crippen molar-refractivity contribution < 1.29 is 65.6 Å². The third kappa shape index (κ3) is 6.81. The molecular formula is C12H18F10N2O4S2. The minimum Gasteiger partial charge on any atom is -0.425 e. The van der Waals surface area contributed by atoms with E-state index in [1.165, 1.54) is 45.3 Å². The molecule has 1 rings (SSSR count). The van der Waals surface area contributed by atoms with Crippen molar-refractivity contribution in [1.29, 1.82) is 0 Å². The highest BCUT2D eigenvalue weighted by Crippen LogP contribution is 2.47. The van der Waals surface area contributed by atoms with Crippen molar-refractivity contribution in [2.45, 2.75) is 55.5 Å². The summed E-state index contributed by atoms with van der Waals surface area (Å²) >= 11 is 0. The first-order valence-corrected chi connectivity index (χ1v) is 11.0. The van der Waals surface area contributed by atoms with Crippen LogP contribution in [-0.2, 0) is 20.0 Å². The average molecular weight is 508 g/mol. The van der Waals surface area contributed by atoms with Crippen LogP contribution < -0.4 is 4.90 Å². The Balaban J connectivity index is 0.000000769. The Morgan fingerprint density at radius 1 is 0.733 bits per heavy atom. The second-order valence-electron chi connectivity index (χ2n) is 6.11. The average Bonchev–Trinajstić information content (AvgIpc) is 3.03. The van der Waals surface area contributed by atoms with Crippen LogP contribution in [0.25, 0.3) is 4.13 Å². The summed E-state index contributed by atoms with van der Waals surface area (Å²) in [6, 6.07) is 0. The van der Waals surface area contributed by atoms with Gasteiger partial charge in [-0.2, -0.15) is 43.9 Å². The van der Waals surface area contributed by atoms with Gasteiger partial charge in [-0.25, -0.2) is 16.8 Å². The summed E-state index contributed by atoms with van der Waals surface area (Å²) in [6.07, 6.45) is -8.27. The quantitative estimate of drug-likeness (QED) is 0.536. The van der Waals surface area contributed by atoms with Crippen LogP contribution in [0.1, 0.15) is 32.6 Å². The van der Waals surface area contributed by atoms with Gasteiger partial charge in [-0.15, -0.1) is 0 Å². The van der Waals surface area contributed by atoms with E-state index in [1.54, 1.807) is 0 Å². The number of hydrogen-bond donors (Lipinski definition) is 1. The van der Waals surface area contributed by atoms with Crippen LogP contribution in [0, 0.1) is 0 Å². The maximum atomic E-state index is 12.3. The lowest BCUT2D eigenvalue weighted by atomic mass is 10.3. The molecule has 182 valence electrons. The molecule has 18 heteroatoms. The molecule has 6 nitrogen and oxygen atoms in total. The fourth-order valence-electron chi connectivity index (χ4n) is 2.07. The van der Waals surface area contributed by atoms with E-state index in [9.17, 15) is 60.7 Å². The van der Waals surface area contributed by atoms with Gasteiger partial charge in [-0.05, 0) is 6.42 Å². The van der Waals surface area contributed by atoms with Gasteiger partial charge in [0.05, 0.1) is 19.6 Å². The summed E-state index contributed by atoms with van der Waals surface area (Å²) in [5.74, 6) is 0. The van der Waals surface area contributed by atoms with E-state index < -0.39 is 42.9 Å². The Bertz CT molecular complexity index is 703. The Labute approximate surface area is 165 Å². The van der Waals surface area contributed by atoms with Crippen molar-refractivity contribution in [3.05, 3.63) is 4.13 Å². The van der Waals surface area contributed by atoms with E-state index in [2.05, 4.69) is 6.92 Å². The molecule has 0 saturated carbocycles. The second-order valence-corrected chi connectivity index (χ2v) is 9.64. The number of sulfonamides is 2. The van der Waals surface area contributed by atoms with Crippen LogP contribution in [0.4, 0.5) is 43.9 Å². The molecule has 1 fully saturated rings. The van der Waals surface area contributed by atoms with Crippen LogP contribution in [0.3, 0.4) is 0 Å². The number of rotatable bonds is 7. The molecule has 0 aliphatic carbocycles. The first-order valence-electron chi connectivity index (χ1n) is 8.10. The van der Waals surface area contributed by atoms with E-state index in [0.29, 0.717) is 4.13 Å². The summed E-state index contributed by atoms with van der Waals surface area (Å²) in [4.78, 5) is 1.84. The Kier molecular flexibility index (Phi) is 9.44. The molecule has 0 bridgehead atoms. The molecule has 0 amide bonds. The van der Waals surface area contributed by atoms with E-state index in [0.717, 1.165) is 0 Å². The van der Waals surface area contributed by atoms with Gasteiger partial charge in [0.15, 0.2) is 20.0 Å². The van der Waals surface area contributed by atoms with Gasteiger partial charge in [0.2, 0.25) is 0 Å². The third-order valence-electron chi connectivity index (χ3n) is 3.70. The summed E-state index contributed by atoms with van der Waals surface area (Å²) in [5.41, 5.74) is 0. The lowest BCUT2D eigenvalue weighted by Gasteiger charge is -2.31. The molecule has 0 atom stereocenters. The van der Waals surface area contributed by atoms with E-state index in [1.807, 2.05) is 4.90 Å². The zero-order valence-corrected chi connectivity index (χ0v) is 16.8. The predicted molar refractivity (Wildman–Crippen MR) is 82.9 cm³/mol. The molecule has 1 aliphatic rings. The molecule has 1 saturated heterocycles. The number of nitrogens with one attached hydrogen (secondary N) is 1. The Hall–Kier alpha value is -0.880. The largest absolute Gasteiger partial charge is 0.467 e. The number of alkyl halides is 10. The van der Waals surface area contributed by atoms with E-state index in [4.69, 9.17) is 0 Å². The standard InChI is InChI=1S/C8H17N.C4F10NO4S2/c1-2-3-6-9-7-4-5-8-9;5-1(6,7)3(11,12)20(16,17)15-21(18,19)4(13,14)2(8,9)10/h2-8H2,1H3;/q;-1/p+1. The highest BCUT2D eigenvalue weighted by atomic mass is 32.3. The van der Waals surface area contributed by atoms with Gasteiger partial charge >= 0.3 is 22.9 Å². The molecule has 0 aromatic heterocycles. The van der Waals surface area contributed by atoms with Crippen molar-refractivity contribution in [2.75, 3.05) is 19.6 Å². The fourth-order valence-corrected chi connectivity index (χ4v) is 4.43. The molecule has 1 N–H and O–H groups in total. The summed E-state index contributed by atoms with van der Waals surface area (Å²) in [5, 5.41) is -14.0. The van der Waals surface area contributed by atoms with Gasteiger partial charge in [0.25, 0.3) is 0 Å². The minimum atomic E-state index is -7.62. The molecule has 0 aromatic carbocycles. The number of quaternary nitrogens is 1. The lowest BCUT2D eigenvalue weighted by molar-refractivity contribution is -0.887. The van der Waals surface area contributed by atoms with Crippen LogP contribution >= 0.6 is 0 Å². The maximum Gasteiger partial charge on any atom is 0.467 e. The Morgan fingerprint density at radius 2 is 1.07 bits per heavy atom. The highest BCUT2D eigenvalue weighted by Gasteiger charge is 2.68. The van der Waals surface area contributed by atoms with Gasteiger partial charge in [-0.3, -0.25) is 0 Å². The van der Waals surface area contributed by atoms with Crippen molar-refractivity contribution in [3.8, 4) is 0 Å². The molecule has 1 aliphatic heterocycles. The van der Waals surface area contributed by atoms with Gasteiger partial charge in [-0.1, -0.05) is 13.3 Å². The molecule has 0 radical (unpaired) electrons. The number of halogens is 10. The predicted octanol–water partition coefficient (Wildman–Crippen LogP) is 2.80. The molecule has 30 heavy (non-hydrogen) atoms. The summed E-state index contributed by atoms with van der Waals surface area (Å²) < 4.78 is 161. The highest BCUT2D eigenvalue weighted by molar-refractivity contribution is 8.13. The first kappa shape index (κ1) is 29.1. The number of unbranched alkanes of at least 4 members (excludes halogenated alkanes) is 1. The molecule has 0 aromatic rings. The van der Waals surface area contributed by atoms with E-state index in [-0.39, 0.29) is 0 Å². The Morgan fingerprint density at radius 3 is 1.33 bits per heavy atom. The SMILES string of the molecule is CCCC[NH+]1CCCC1.O=S(=O)([N-]S(=O)(=O)C(F)(F)C(F)(F)F)C(F)(F)C(F)(F)F. The number of hydrogen-bond acceptors (Lipinski definition) is 4. The van der Waals surface area contributed by atoms with Gasteiger partial charge in [0.1, 0.15) is 0 Å². The van der Waals surface area contributed by atoms with E-state index >= 15 is 0 Å². The normalized spacial score (nSPS) is 17.6. The number of nitrogens with zero attached hydrogens (tertiary/aromatic N) is 1. The second kappa shape index (κ2) is 9.72. The minimum absolute atomic E-state index is 0.422. The molecule has 1 heterocycles. The van der Waals surface area contributed by atoms with Crippen LogP contribution in [0.2, 0.25) is 0 Å². The smallest absolute Gasteiger partial charge is 0.425 e. The topological polar surface area (TPSA) is 86.8 Å². The first-order chi connectivity index (χ1) is 13.1. The van der Waals surface area contributed by atoms with Crippen molar-refractivity contribution in [1.82, 2.24) is 0 Å². The fraction of sp³-hybridized carbons (Fsp3) is 1.00. The van der Waals surface area contributed by atoms with Crippen LogP contribution in [0.5, 0.6) is 0 Å². The molecule has 0 unspecified atom stereocenters. The van der Waals surface area contributed by atoms with Crippen LogP contribution in [0.15, 0.2) is 0 Å². The zero-order valence-electron chi connectivity index (χ0n) is 15.1. The summed E-state index contributed by atoms with van der Waals surface area (Å²) in [6.45, 7) is 6.59. The zero-order chi connectivity index (χ0) is 24.2. The summed E-state index contributed by atoms with van der Waals surface area (Å²) in [7, 11) is -15.2. The number of likely N-dealkylation sites (tertiary alicyclic amines) is 1. The molecule has 0 spiro atoms. The van der Waals surface area contributed by atoms with Gasteiger partial charge < -0.3 is 9.03 Å². The van der Waals surface area contributed by atoms with Crippen molar-refractivity contribution in [2.24, 2.45) is 0 Å². The lowest BCUT2D eigenvalue weighted by Crippen LogP contribution is -3.09. The molecular weight excluding hydrogens is 490 g/mol. The van der Waals surface area contributed by atoms with Crippen LogP contribution in [-0.4, -0.2) is 59.3 Å². The maximum absolute atomic E-state index is 12.3. The van der Waals surface area contributed by atoms with Gasteiger partial charge in [0, 0.05) is 12.8 Å². The third-order valence-corrected chi connectivity index (χ3v) is 7.03. The monoisotopic (exact) mass is 508 g/mol. The van der Waals surface area contributed by atoms with Crippen molar-refractivity contribution in [3.63, 3.8) is 0 Å². The van der Waals surface area contributed by atoms with Crippen molar-refractivity contribution >= 4 is 20.0 Å².